The molecular formula is C12H14N2O2S2. The van der Waals surface area contributed by atoms with Crippen molar-refractivity contribution in [3.05, 3.63) is 46.7 Å². The van der Waals surface area contributed by atoms with Crippen LogP contribution in [0.3, 0.4) is 0 Å². The molecule has 96 valence electrons. The van der Waals surface area contributed by atoms with E-state index < -0.39 is 10.0 Å². The molecule has 0 fully saturated rings. The summed E-state index contributed by atoms with van der Waals surface area (Å²) in [5.74, 6) is 0. The van der Waals surface area contributed by atoms with E-state index in [0.29, 0.717) is 17.9 Å². The van der Waals surface area contributed by atoms with Crippen LogP contribution in [0.1, 0.15) is 4.88 Å². The summed E-state index contributed by atoms with van der Waals surface area (Å²) in [5, 5.41) is 1.93. The Morgan fingerprint density at radius 2 is 2.06 bits per heavy atom. The van der Waals surface area contributed by atoms with Gasteiger partial charge < -0.3 is 5.73 Å². The zero-order valence-electron chi connectivity index (χ0n) is 9.91. The van der Waals surface area contributed by atoms with Crippen LogP contribution in [0.15, 0.2) is 41.8 Å². The van der Waals surface area contributed by atoms with E-state index in [0.717, 1.165) is 4.88 Å². The van der Waals surface area contributed by atoms with Crippen molar-refractivity contribution in [1.29, 1.82) is 0 Å². The highest BCUT2D eigenvalue weighted by Gasteiger charge is 2.18. The quantitative estimate of drug-likeness (QED) is 0.875. The van der Waals surface area contributed by atoms with Gasteiger partial charge in [-0.1, -0.05) is 12.1 Å². The summed E-state index contributed by atoms with van der Waals surface area (Å²) in [6, 6.07) is 10.7. The average Bonchev–Trinajstić information content (AvgIpc) is 2.77. The fourth-order valence-corrected chi connectivity index (χ4v) is 3.27. The molecule has 0 aliphatic heterocycles. The highest BCUT2D eigenvalue weighted by molar-refractivity contribution is 7.92. The molecule has 4 nitrogen and oxygen atoms in total. The van der Waals surface area contributed by atoms with Crippen molar-refractivity contribution in [1.82, 2.24) is 0 Å². The second kappa shape index (κ2) is 4.99. The SMILES string of the molecule is CS(=O)(=O)N(Cc1cccs1)c1cccc(N)c1. The smallest absolute Gasteiger partial charge is 0.232 e. The Morgan fingerprint density at radius 3 is 2.61 bits per heavy atom. The molecule has 1 heterocycles. The first-order chi connectivity index (χ1) is 8.47. The highest BCUT2D eigenvalue weighted by Crippen LogP contribution is 2.24. The maximum Gasteiger partial charge on any atom is 0.232 e. The number of anilines is 2. The van der Waals surface area contributed by atoms with Crippen LogP contribution in [-0.2, 0) is 16.6 Å². The minimum Gasteiger partial charge on any atom is -0.399 e. The van der Waals surface area contributed by atoms with Gasteiger partial charge in [-0.3, -0.25) is 4.31 Å². The first-order valence-electron chi connectivity index (χ1n) is 5.32. The standard InChI is InChI=1S/C12H14N2O2S2/c1-18(15,16)14(9-12-6-3-7-17-12)11-5-2-4-10(13)8-11/h2-8H,9,13H2,1H3. The van der Waals surface area contributed by atoms with Gasteiger partial charge in [0.05, 0.1) is 18.5 Å². The van der Waals surface area contributed by atoms with Crippen molar-refractivity contribution in [3.8, 4) is 0 Å². The summed E-state index contributed by atoms with van der Waals surface area (Å²) in [6.45, 7) is 0.333. The monoisotopic (exact) mass is 282 g/mol. The van der Waals surface area contributed by atoms with Crippen LogP contribution in [-0.4, -0.2) is 14.7 Å². The second-order valence-corrected chi connectivity index (χ2v) is 6.88. The predicted molar refractivity (Wildman–Crippen MR) is 76.2 cm³/mol. The van der Waals surface area contributed by atoms with Gasteiger partial charge in [0.2, 0.25) is 10.0 Å². The van der Waals surface area contributed by atoms with Crippen molar-refractivity contribution in [2.24, 2.45) is 0 Å². The molecule has 2 rings (SSSR count). The third-order valence-electron chi connectivity index (χ3n) is 2.44. The Kier molecular flexibility index (Phi) is 3.58. The van der Waals surface area contributed by atoms with E-state index in [1.807, 2.05) is 17.5 Å². The first kappa shape index (κ1) is 12.9. The van der Waals surface area contributed by atoms with Gasteiger partial charge in [-0.2, -0.15) is 0 Å². The molecule has 2 aromatic rings. The summed E-state index contributed by atoms with van der Waals surface area (Å²) >= 11 is 1.53. The lowest BCUT2D eigenvalue weighted by molar-refractivity contribution is 0.596. The van der Waals surface area contributed by atoms with Crippen molar-refractivity contribution < 1.29 is 8.42 Å². The first-order valence-corrected chi connectivity index (χ1v) is 8.05. The van der Waals surface area contributed by atoms with Crippen molar-refractivity contribution in [2.75, 3.05) is 16.3 Å². The van der Waals surface area contributed by atoms with Gasteiger partial charge in [0.15, 0.2) is 0 Å². The van der Waals surface area contributed by atoms with Crippen LogP contribution in [0.4, 0.5) is 11.4 Å². The number of nitrogens with two attached hydrogens (primary N) is 1. The van der Waals surface area contributed by atoms with E-state index in [2.05, 4.69) is 0 Å². The number of nitrogen functional groups attached to an aromatic ring is 1. The maximum absolute atomic E-state index is 11.9. The molecule has 0 radical (unpaired) electrons. The third kappa shape index (κ3) is 3.02. The van der Waals surface area contributed by atoms with Crippen LogP contribution in [0, 0.1) is 0 Å². The second-order valence-electron chi connectivity index (χ2n) is 3.94. The molecule has 0 aliphatic carbocycles. The lowest BCUT2D eigenvalue weighted by Gasteiger charge is -2.22. The number of thiophene rings is 1. The number of sulfonamides is 1. The van der Waals surface area contributed by atoms with E-state index in [1.54, 1.807) is 24.3 Å². The molecule has 0 saturated carbocycles. The Balaban J connectivity index is 2.38. The van der Waals surface area contributed by atoms with Gasteiger partial charge in [-0.05, 0) is 29.6 Å². The fraction of sp³-hybridized carbons (Fsp3) is 0.167. The van der Waals surface area contributed by atoms with E-state index in [9.17, 15) is 8.42 Å². The van der Waals surface area contributed by atoms with Crippen LogP contribution < -0.4 is 10.0 Å². The van der Waals surface area contributed by atoms with Gasteiger partial charge in [-0.25, -0.2) is 8.42 Å². The van der Waals surface area contributed by atoms with Crippen LogP contribution in [0.5, 0.6) is 0 Å². The van der Waals surface area contributed by atoms with Crippen molar-refractivity contribution in [3.63, 3.8) is 0 Å². The Hall–Kier alpha value is -1.53. The number of benzene rings is 1. The summed E-state index contributed by atoms with van der Waals surface area (Å²) < 4.78 is 25.1. The lowest BCUT2D eigenvalue weighted by Crippen LogP contribution is -2.28. The van der Waals surface area contributed by atoms with Gasteiger partial charge in [-0.15, -0.1) is 11.3 Å². The normalized spacial score (nSPS) is 11.4. The van der Waals surface area contributed by atoms with Gasteiger partial charge >= 0.3 is 0 Å². The average molecular weight is 282 g/mol. The van der Waals surface area contributed by atoms with E-state index in [-0.39, 0.29) is 0 Å². The molecular weight excluding hydrogens is 268 g/mol. The van der Waals surface area contributed by atoms with E-state index >= 15 is 0 Å². The van der Waals surface area contributed by atoms with Crippen LogP contribution >= 0.6 is 11.3 Å². The molecule has 2 N–H and O–H groups in total. The van der Waals surface area contributed by atoms with Crippen LogP contribution in [0.25, 0.3) is 0 Å². The highest BCUT2D eigenvalue weighted by atomic mass is 32.2. The number of hydrogen-bond donors (Lipinski definition) is 1. The Labute approximate surface area is 111 Å². The van der Waals surface area contributed by atoms with E-state index in [1.165, 1.54) is 21.9 Å². The molecule has 1 aromatic heterocycles. The minimum atomic E-state index is -3.33. The Bertz CT molecular complexity index is 621. The number of hydrogen-bond acceptors (Lipinski definition) is 4. The summed E-state index contributed by atoms with van der Waals surface area (Å²) in [4.78, 5) is 0.989. The van der Waals surface area contributed by atoms with Crippen molar-refractivity contribution in [2.45, 2.75) is 6.54 Å². The zero-order valence-corrected chi connectivity index (χ0v) is 11.5. The summed E-state index contributed by atoms with van der Waals surface area (Å²) in [5.41, 5.74) is 6.83. The van der Waals surface area contributed by atoms with E-state index in [4.69, 9.17) is 5.73 Å². The summed E-state index contributed by atoms with van der Waals surface area (Å²) in [7, 11) is -3.33. The molecule has 0 atom stereocenters. The lowest BCUT2D eigenvalue weighted by atomic mass is 10.3. The van der Waals surface area contributed by atoms with Crippen molar-refractivity contribution >= 4 is 32.7 Å². The zero-order chi connectivity index (χ0) is 13.2. The topological polar surface area (TPSA) is 63.4 Å². The molecule has 0 saturated heterocycles. The fourth-order valence-electron chi connectivity index (χ4n) is 1.62. The van der Waals surface area contributed by atoms with Gasteiger partial charge in [0.25, 0.3) is 0 Å². The van der Waals surface area contributed by atoms with Gasteiger partial charge in [0, 0.05) is 10.6 Å². The molecule has 6 heteroatoms. The molecule has 0 amide bonds. The number of rotatable bonds is 4. The third-order valence-corrected chi connectivity index (χ3v) is 4.44. The Morgan fingerprint density at radius 1 is 1.28 bits per heavy atom. The minimum absolute atomic E-state index is 0.333. The largest absolute Gasteiger partial charge is 0.399 e. The maximum atomic E-state index is 11.9. The van der Waals surface area contributed by atoms with Crippen LogP contribution in [0.2, 0.25) is 0 Å². The molecule has 0 unspecified atom stereocenters. The molecule has 0 aliphatic rings. The molecule has 0 spiro atoms. The molecule has 1 aromatic carbocycles. The predicted octanol–water partition coefficient (Wildman–Crippen LogP) is 2.30. The van der Waals surface area contributed by atoms with Gasteiger partial charge in [0.1, 0.15) is 0 Å². The molecule has 18 heavy (non-hydrogen) atoms. The summed E-state index contributed by atoms with van der Waals surface area (Å²) in [6.07, 6.45) is 1.20. The molecule has 0 bridgehead atoms. The number of nitrogens with zero attached hydrogens (tertiary/aromatic N) is 1.